The van der Waals surface area contributed by atoms with Gasteiger partial charge in [-0.2, -0.15) is 0 Å². The average molecular weight is 290 g/mol. The van der Waals surface area contributed by atoms with E-state index < -0.39 is 0 Å². The number of aromatic nitrogens is 1. The molecule has 0 radical (unpaired) electrons. The van der Waals surface area contributed by atoms with Gasteiger partial charge < -0.3 is 15.5 Å². The second kappa shape index (κ2) is 7.98. The molecular formula is C16H26N4O. The van der Waals surface area contributed by atoms with Crippen molar-refractivity contribution in [1.29, 1.82) is 0 Å². The van der Waals surface area contributed by atoms with E-state index in [2.05, 4.69) is 27.4 Å². The van der Waals surface area contributed by atoms with Gasteiger partial charge in [0.2, 0.25) is 0 Å². The molecular weight excluding hydrogens is 264 g/mol. The quantitative estimate of drug-likeness (QED) is 0.842. The van der Waals surface area contributed by atoms with Crippen molar-refractivity contribution >= 4 is 11.6 Å². The molecule has 1 saturated heterocycles. The molecule has 1 aliphatic rings. The fourth-order valence-electron chi connectivity index (χ4n) is 2.80. The Morgan fingerprint density at radius 1 is 1.38 bits per heavy atom. The number of pyridine rings is 1. The molecule has 0 saturated carbocycles. The molecule has 0 atom stereocenters. The minimum absolute atomic E-state index is 0.00212. The van der Waals surface area contributed by atoms with Crippen molar-refractivity contribution < 1.29 is 4.79 Å². The number of amides is 1. The second-order valence-corrected chi connectivity index (χ2v) is 5.54. The predicted octanol–water partition coefficient (Wildman–Crippen LogP) is 2.12. The lowest BCUT2D eigenvalue weighted by atomic mass is 10.0. The summed E-state index contributed by atoms with van der Waals surface area (Å²) in [6.07, 6.45) is 6.64. The molecule has 1 aliphatic heterocycles. The summed E-state index contributed by atoms with van der Waals surface area (Å²) in [6.45, 7) is 8.32. The third kappa shape index (κ3) is 4.43. The van der Waals surface area contributed by atoms with Gasteiger partial charge in [0.15, 0.2) is 0 Å². The van der Waals surface area contributed by atoms with Crippen molar-refractivity contribution in [3.8, 4) is 0 Å². The molecule has 0 unspecified atom stereocenters. The van der Waals surface area contributed by atoms with Crippen molar-refractivity contribution in [2.45, 2.75) is 39.2 Å². The summed E-state index contributed by atoms with van der Waals surface area (Å²) in [4.78, 5) is 19.0. The van der Waals surface area contributed by atoms with Gasteiger partial charge in [0.25, 0.3) is 5.91 Å². The van der Waals surface area contributed by atoms with Crippen LogP contribution in [0, 0.1) is 0 Å². The molecule has 1 aromatic heterocycles. The maximum Gasteiger partial charge on any atom is 0.253 e. The van der Waals surface area contributed by atoms with E-state index in [0.717, 1.165) is 44.7 Å². The van der Waals surface area contributed by atoms with Gasteiger partial charge in [0.1, 0.15) is 0 Å². The number of rotatable bonds is 6. The molecule has 21 heavy (non-hydrogen) atoms. The molecule has 116 valence electrons. The standard InChI is InChI=1S/C16H26N4O/c1-3-9-20-10-6-13(7-11-20)19-16(21)14-5-8-17-12-15(14)18-4-2/h5,8,12-13,18H,3-4,6-7,9-11H2,1-2H3,(H,19,21). The highest BCUT2D eigenvalue weighted by Crippen LogP contribution is 2.15. The largest absolute Gasteiger partial charge is 0.383 e. The van der Waals surface area contributed by atoms with Gasteiger partial charge in [-0.15, -0.1) is 0 Å². The summed E-state index contributed by atoms with van der Waals surface area (Å²) < 4.78 is 0. The van der Waals surface area contributed by atoms with Crippen LogP contribution in [-0.4, -0.2) is 48.0 Å². The lowest BCUT2D eigenvalue weighted by Gasteiger charge is -2.32. The SMILES string of the molecule is CCCN1CCC(NC(=O)c2ccncc2NCC)CC1. The van der Waals surface area contributed by atoms with E-state index in [4.69, 9.17) is 0 Å². The lowest BCUT2D eigenvalue weighted by Crippen LogP contribution is -2.44. The van der Waals surface area contributed by atoms with Gasteiger partial charge >= 0.3 is 0 Å². The van der Waals surface area contributed by atoms with E-state index in [1.54, 1.807) is 18.5 Å². The Hall–Kier alpha value is -1.62. The van der Waals surface area contributed by atoms with Crippen LogP contribution in [0.15, 0.2) is 18.5 Å². The summed E-state index contributed by atoms with van der Waals surface area (Å²) >= 11 is 0. The Balaban J connectivity index is 1.90. The number of anilines is 1. The smallest absolute Gasteiger partial charge is 0.253 e. The number of nitrogens with zero attached hydrogens (tertiary/aromatic N) is 2. The molecule has 5 nitrogen and oxygen atoms in total. The van der Waals surface area contributed by atoms with Crippen molar-refractivity contribution in [3.05, 3.63) is 24.0 Å². The maximum absolute atomic E-state index is 12.4. The van der Waals surface area contributed by atoms with Crippen LogP contribution in [0.1, 0.15) is 43.5 Å². The molecule has 1 aromatic rings. The Morgan fingerprint density at radius 2 is 2.14 bits per heavy atom. The third-order valence-corrected chi connectivity index (χ3v) is 3.90. The molecule has 1 amide bonds. The zero-order chi connectivity index (χ0) is 15.1. The first-order valence-corrected chi connectivity index (χ1v) is 7.95. The van der Waals surface area contributed by atoms with Crippen LogP contribution in [0.5, 0.6) is 0 Å². The van der Waals surface area contributed by atoms with Crippen LogP contribution in [0.3, 0.4) is 0 Å². The van der Waals surface area contributed by atoms with Crippen LogP contribution >= 0.6 is 0 Å². The van der Waals surface area contributed by atoms with Crippen molar-refractivity contribution in [1.82, 2.24) is 15.2 Å². The second-order valence-electron chi connectivity index (χ2n) is 5.54. The van der Waals surface area contributed by atoms with E-state index in [1.165, 1.54) is 6.42 Å². The summed E-state index contributed by atoms with van der Waals surface area (Å²) in [7, 11) is 0. The van der Waals surface area contributed by atoms with Crippen molar-refractivity contribution in [2.75, 3.05) is 31.5 Å². The molecule has 0 bridgehead atoms. The molecule has 0 spiro atoms. The van der Waals surface area contributed by atoms with Gasteiger partial charge in [0.05, 0.1) is 17.4 Å². The molecule has 5 heteroatoms. The molecule has 0 aliphatic carbocycles. The van der Waals surface area contributed by atoms with Gasteiger partial charge in [0, 0.05) is 31.9 Å². The Morgan fingerprint density at radius 3 is 2.81 bits per heavy atom. The summed E-state index contributed by atoms with van der Waals surface area (Å²) in [5, 5.41) is 6.35. The zero-order valence-electron chi connectivity index (χ0n) is 13.1. The topological polar surface area (TPSA) is 57.3 Å². The van der Waals surface area contributed by atoms with E-state index >= 15 is 0 Å². The van der Waals surface area contributed by atoms with Crippen LogP contribution in [0.25, 0.3) is 0 Å². The van der Waals surface area contributed by atoms with Crippen molar-refractivity contribution in [2.24, 2.45) is 0 Å². The molecule has 2 heterocycles. The predicted molar refractivity (Wildman–Crippen MR) is 85.6 cm³/mol. The fraction of sp³-hybridized carbons (Fsp3) is 0.625. The number of carbonyl (C=O) groups is 1. The van der Waals surface area contributed by atoms with E-state index in [-0.39, 0.29) is 11.9 Å². The first kappa shape index (κ1) is 15.8. The van der Waals surface area contributed by atoms with E-state index in [9.17, 15) is 4.79 Å². The highest BCUT2D eigenvalue weighted by Gasteiger charge is 2.21. The average Bonchev–Trinajstić information content (AvgIpc) is 2.50. The van der Waals surface area contributed by atoms with Crippen LogP contribution in [0.4, 0.5) is 5.69 Å². The number of nitrogens with one attached hydrogen (secondary N) is 2. The number of likely N-dealkylation sites (tertiary alicyclic amines) is 1. The first-order valence-electron chi connectivity index (χ1n) is 7.95. The highest BCUT2D eigenvalue weighted by atomic mass is 16.1. The third-order valence-electron chi connectivity index (χ3n) is 3.90. The molecule has 2 rings (SSSR count). The summed E-state index contributed by atoms with van der Waals surface area (Å²) in [5.74, 6) is 0.00212. The Bertz CT molecular complexity index is 455. The van der Waals surface area contributed by atoms with E-state index in [1.807, 2.05) is 6.92 Å². The fourth-order valence-corrected chi connectivity index (χ4v) is 2.80. The number of hydrogen-bond donors (Lipinski definition) is 2. The maximum atomic E-state index is 12.4. The van der Waals surface area contributed by atoms with Crippen molar-refractivity contribution in [3.63, 3.8) is 0 Å². The zero-order valence-corrected chi connectivity index (χ0v) is 13.1. The number of hydrogen-bond acceptors (Lipinski definition) is 4. The number of piperidine rings is 1. The minimum Gasteiger partial charge on any atom is -0.383 e. The molecule has 2 N–H and O–H groups in total. The van der Waals surface area contributed by atoms with Gasteiger partial charge in [-0.1, -0.05) is 6.92 Å². The molecule has 0 aromatic carbocycles. The van der Waals surface area contributed by atoms with Gasteiger partial charge in [-0.05, 0) is 38.8 Å². The normalized spacial score (nSPS) is 16.7. The van der Waals surface area contributed by atoms with E-state index in [0.29, 0.717) is 5.56 Å². The Labute approximate surface area is 127 Å². The first-order chi connectivity index (χ1) is 10.2. The summed E-state index contributed by atoms with van der Waals surface area (Å²) in [6, 6.07) is 2.06. The Kier molecular flexibility index (Phi) is 5.99. The van der Waals surface area contributed by atoms with Gasteiger partial charge in [-0.3, -0.25) is 9.78 Å². The van der Waals surface area contributed by atoms with Crippen LogP contribution in [0.2, 0.25) is 0 Å². The monoisotopic (exact) mass is 290 g/mol. The lowest BCUT2D eigenvalue weighted by molar-refractivity contribution is 0.0912. The highest BCUT2D eigenvalue weighted by molar-refractivity contribution is 5.99. The van der Waals surface area contributed by atoms with Crippen LogP contribution < -0.4 is 10.6 Å². The van der Waals surface area contributed by atoms with Gasteiger partial charge in [-0.25, -0.2) is 0 Å². The number of carbonyl (C=O) groups excluding carboxylic acids is 1. The molecule has 1 fully saturated rings. The minimum atomic E-state index is 0.00212. The summed E-state index contributed by atoms with van der Waals surface area (Å²) in [5.41, 5.74) is 1.49. The van der Waals surface area contributed by atoms with Crippen LogP contribution in [-0.2, 0) is 0 Å².